The first-order chi connectivity index (χ1) is 10.9. The molecule has 0 aliphatic carbocycles. The van der Waals surface area contributed by atoms with Gasteiger partial charge < -0.3 is 4.90 Å². The van der Waals surface area contributed by atoms with Crippen LogP contribution >= 0.6 is 15.9 Å². The van der Waals surface area contributed by atoms with E-state index in [1.54, 1.807) is 6.92 Å². The van der Waals surface area contributed by atoms with Crippen molar-refractivity contribution in [3.8, 4) is 0 Å². The summed E-state index contributed by atoms with van der Waals surface area (Å²) in [6.07, 6.45) is -5.49. The lowest BCUT2D eigenvalue weighted by molar-refractivity contribution is -0.136. The lowest BCUT2D eigenvalue weighted by Crippen LogP contribution is -2.34. The number of hydrogen-bond acceptors (Lipinski definition) is 3. The Bertz CT molecular complexity index is 706. The highest BCUT2D eigenvalue weighted by atomic mass is 79.9. The van der Waals surface area contributed by atoms with Gasteiger partial charge in [-0.25, -0.2) is 12.7 Å². The van der Waals surface area contributed by atoms with Gasteiger partial charge in [0.15, 0.2) is 0 Å². The molecule has 0 unspecified atom stereocenters. The van der Waals surface area contributed by atoms with Crippen LogP contribution < -0.4 is 0 Å². The summed E-state index contributed by atoms with van der Waals surface area (Å²) in [4.78, 5) is 13.3. The van der Waals surface area contributed by atoms with Gasteiger partial charge in [0, 0.05) is 37.2 Å². The molecule has 1 aromatic carbocycles. The van der Waals surface area contributed by atoms with Crippen molar-refractivity contribution < 1.29 is 26.4 Å². The van der Waals surface area contributed by atoms with E-state index in [0.29, 0.717) is 0 Å². The van der Waals surface area contributed by atoms with E-state index in [1.165, 1.54) is 26.2 Å². The number of rotatable bonds is 6. The summed E-state index contributed by atoms with van der Waals surface area (Å²) in [5.41, 5.74) is 0.0163. The van der Waals surface area contributed by atoms with Gasteiger partial charge in [0.25, 0.3) is 5.91 Å². The van der Waals surface area contributed by atoms with E-state index in [1.807, 2.05) is 0 Å². The van der Waals surface area contributed by atoms with E-state index in [4.69, 9.17) is 0 Å². The van der Waals surface area contributed by atoms with E-state index in [2.05, 4.69) is 15.9 Å². The quantitative estimate of drug-likeness (QED) is 0.696. The largest absolute Gasteiger partial charge is 0.390 e. The summed E-state index contributed by atoms with van der Waals surface area (Å²) in [6, 6.07) is 3.93. The van der Waals surface area contributed by atoms with Gasteiger partial charge in [-0.1, -0.05) is 0 Å². The van der Waals surface area contributed by atoms with Crippen LogP contribution in [0.25, 0.3) is 0 Å². The second kappa shape index (κ2) is 7.83. The van der Waals surface area contributed by atoms with E-state index < -0.39 is 35.1 Å². The van der Waals surface area contributed by atoms with E-state index in [9.17, 15) is 26.4 Å². The zero-order chi connectivity index (χ0) is 18.7. The molecule has 0 spiro atoms. The molecule has 1 rings (SSSR count). The second-order valence-corrected chi connectivity index (χ2v) is 8.16. The maximum absolute atomic E-state index is 12.4. The van der Waals surface area contributed by atoms with Gasteiger partial charge in [-0.05, 0) is 41.1 Å². The first-order valence-electron chi connectivity index (χ1n) is 6.98. The summed E-state index contributed by atoms with van der Waals surface area (Å²) in [5, 5.41) is 0. The second-order valence-electron chi connectivity index (χ2n) is 5.18. The topological polar surface area (TPSA) is 57.7 Å². The lowest BCUT2D eigenvalue weighted by atomic mass is 10.2. The Morgan fingerprint density at radius 3 is 2.29 bits per heavy atom. The average molecular weight is 431 g/mol. The molecule has 1 aromatic rings. The number of carbonyl (C=O) groups is 1. The van der Waals surface area contributed by atoms with Crippen molar-refractivity contribution in [2.75, 3.05) is 27.2 Å². The summed E-state index contributed by atoms with van der Waals surface area (Å²) in [7, 11) is -1.11. The predicted molar refractivity (Wildman–Crippen MR) is 87.3 cm³/mol. The number of sulfonamides is 1. The molecule has 0 saturated heterocycles. The molecule has 10 heteroatoms. The fraction of sp³-hybridized carbons (Fsp3) is 0.500. The average Bonchev–Trinajstić information content (AvgIpc) is 2.46. The normalized spacial score (nSPS) is 12.5. The van der Waals surface area contributed by atoms with Crippen molar-refractivity contribution in [1.82, 2.24) is 9.21 Å². The molecule has 24 heavy (non-hydrogen) atoms. The van der Waals surface area contributed by atoms with Crippen LogP contribution in [0, 0.1) is 0 Å². The molecule has 0 fully saturated rings. The van der Waals surface area contributed by atoms with Gasteiger partial charge in [-0.15, -0.1) is 0 Å². The highest BCUT2D eigenvalue weighted by molar-refractivity contribution is 9.10. The third kappa shape index (κ3) is 5.18. The molecule has 0 radical (unpaired) electrons. The monoisotopic (exact) mass is 430 g/mol. The third-order valence-electron chi connectivity index (χ3n) is 3.27. The fourth-order valence-corrected chi connectivity index (χ4v) is 3.72. The van der Waals surface area contributed by atoms with Gasteiger partial charge >= 0.3 is 6.18 Å². The van der Waals surface area contributed by atoms with Crippen LogP contribution in [-0.2, 0) is 10.0 Å². The molecule has 0 aromatic heterocycles. The molecule has 0 N–H and O–H groups in total. The first-order valence-corrected chi connectivity index (χ1v) is 9.21. The Morgan fingerprint density at radius 2 is 1.83 bits per heavy atom. The minimum atomic E-state index is -4.37. The van der Waals surface area contributed by atoms with Crippen molar-refractivity contribution >= 4 is 31.9 Å². The minimum Gasteiger partial charge on any atom is -0.339 e. The highest BCUT2D eigenvalue weighted by Crippen LogP contribution is 2.26. The van der Waals surface area contributed by atoms with Crippen LogP contribution in [0.15, 0.2) is 27.6 Å². The Morgan fingerprint density at radius 1 is 1.25 bits per heavy atom. The Labute approximate surface area is 147 Å². The number of hydrogen-bond donors (Lipinski definition) is 0. The maximum Gasteiger partial charge on any atom is 0.390 e. The van der Waals surface area contributed by atoms with Gasteiger partial charge in [0.05, 0.1) is 11.3 Å². The molecule has 0 aliphatic rings. The van der Waals surface area contributed by atoms with E-state index in [0.717, 1.165) is 15.3 Å². The molecule has 1 amide bonds. The van der Waals surface area contributed by atoms with Crippen molar-refractivity contribution in [3.05, 3.63) is 28.2 Å². The first kappa shape index (κ1) is 20.9. The fourth-order valence-electron chi connectivity index (χ4n) is 1.88. The van der Waals surface area contributed by atoms with Crippen LogP contribution in [0.5, 0.6) is 0 Å². The van der Waals surface area contributed by atoms with Crippen LogP contribution in [0.3, 0.4) is 0 Å². The van der Waals surface area contributed by atoms with Crippen molar-refractivity contribution in [2.45, 2.75) is 24.4 Å². The molecule has 0 heterocycles. The number of amides is 1. The predicted octanol–water partition coefficient (Wildman–Crippen LogP) is 3.11. The zero-order valence-electron chi connectivity index (χ0n) is 13.4. The molecule has 0 atom stereocenters. The smallest absolute Gasteiger partial charge is 0.339 e. The highest BCUT2D eigenvalue weighted by Gasteiger charge is 2.29. The number of carbonyl (C=O) groups excluding carboxylic acids is 1. The van der Waals surface area contributed by atoms with Gasteiger partial charge in [-0.2, -0.15) is 13.2 Å². The SMILES string of the molecule is CCN(CCC(F)(F)F)C(=O)c1ccc(Br)c(S(=O)(=O)N(C)C)c1. The minimum absolute atomic E-state index is 0.0163. The molecule has 0 saturated carbocycles. The van der Waals surface area contributed by atoms with Crippen LogP contribution in [0.2, 0.25) is 0 Å². The van der Waals surface area contributed by atoms with Crippen molar-refractivity contribution in [1.29, 1.82) is 0 Å². The van der Waals surface area contributed by atoms with Gasteiger partial charge in [0.1, 0.15) is 0 Å². The maximum atomic E-state index is 12.4. The molecule has 0 bridgehead atoms. The standard InChI is InChI=1S/C14H18BrF3N2O3S/c1-4-20(8-7-14(16,17)18)13(21)10-5-6-11(15)12(9-10)24(22,23)19(2)3/h5-6,9H,4,7-8H2,1-3H3. The number of nitrogens with zero attached hydrogens (tertiary/aromatic N) is 2. The number of halogens is 4. The van der Waals surface area contributed by atoms with Crippen molar-refractivity contribution in [3.63, 3.8) is 0 Å². The zero-order valence-corrected chi connectivity index (χ0v) is 15.8. The Hall–Kier alpha value is -1.13. The Balaban J connectivity index is 3.16. The lowest BCUT2D eigenvalue weighted by Gasteiger charge is -2.22. The van der Waals surface area contributed by atoms with Crippen LogP contribution in [0.4, 0.5) is 13.2 Å². The summed E-state index contributed by atoms with van der Waals surface area (Å²) in [5.74, 6) is -0.649. The van der Waals surface area contributed by atoms with Gasteiger partial charge in [-0.3, -0.25) is 4.79 Å². The molecular formula is C14H18BrF3N2O3S. The third-order valence-corrected chi connectivity index (χ3v) is 6.08. The molecule has 0 aliphatic heterocycles. The van der Waals surface area contributed by atoms with E-state index in [-0.39, 0.29) is 21.5 Å². The summed E-state index contributed by atoms with van der Waals surface area (Å²) < 4.78 is 62.8. The van der Waals surface area contributed by atoms with Crippen LogP contribution in [-0.4, -0.2) is 56.9 Å². The van der Waals surface area contributed by atoms with E-state index >= 15 is 0 Å². The van der Waals surface area contributed by atoms with Gasteiger partial charge in [0.2, 0.25) is 10.0 Å². The van der Waals surface area contributed by atoms with Crippen molar-refractivity contribution in [2.24, 2.45) is 0 Å². The number of benzene rings is 1. The number of alkyl halides is 3. The summed E-state index contributed by atoms with van der Waals surface area (Å²) >= 11 is 3.12. The Kier molecular flexibility index (Phi) is 6.83. The molecular weight excluding hydrogens is 413 g/mol. The molecule has 136 valence electrons. The van der Waals surface area contributed by atoms with Crippen LogP contribution in [0.1, 0.15) is 23.7 Å². The molecule has 5 nitrogen and oxygen atoms in total. The summed E-state index contributed by atoms with van der Waals surface area (Å²) in [6.45, 7) is 1.16.